The summed E-state index contributed by atoms with van der Waals surface area (Å²) < 4.78 is 11.3. The predicted octanol–water partition coefficient (Wildman–Crippen LogP) is 3.18. The van der Waals surface area contributed by atoms with E-state index in [-0.39, 0.29) is 6.54 Å². The van der Waals surface area contributed by atoms with Crippen molar-refractivity contribution in [3.05, 3.63) is 33.8 Å². The molecule has 0 bridgehead atoms. The fraction of sp³-hybridized carbons (Fsp3) is 0.500. The van der Waals surface area contributed by atoms with Crippen LogP contribution in [0.15, 0.2) is 18.2 Å². The van der Waals surface area contributed by atoms with Crippen LogP contribution >= 0.6 is 23.2 Å². The van der Waals surface area contributed by atoms with Crippen LogP contribution in [-0.2, 0) is 15.3 Å². The summed E-state index contributed by atoms with van der Waals surface area (Å²) in [6, 6.07) is 5.18. The molecule has 0 saturated carbocycles. The lowest BCUT2D eigenvalue weighted by Gasteiger charge is -2.33. The van der Waals surface area contributed by atoms with Gasteiger partial charge in [-0.15, -0.1) is 0 Å². The van der Waals surface area contributed by atoms with E-state index in [1.165, 1.54) is 0 Å². The maximum Gasteiger partial charge on any atom is 0.209 e. The Labute approximate surface area is 112 Å². The Morgan fingerprint density at radius 3 is 2.18 bits per heavy atom. The maximum atomic E-state index is 6.16. The number of hydrogen-bond acceptors (Lipinski definition) is 3. The Morgan fingerprint density at radius 2 is 1.76 bits per heavy atom. The molecule has 1 aromatic carbocycles. The minimum Gasteiger partial charge on any atom is -0.345 e. The minimum atomic E-state index is -0.995. The van der Waals surface area contributed by atoms with Crippen molar-refractivity contribution in [1.29, 1.82) is 0 Å². The summed E-state index contributed by atoms with van der Waals surface area (Å²) >= 11 is 12.0. The van der Waals surface area contributed by atoms with Gasteiger partial charge in [-0.1, -0.05) is 29.3 Å². The van der Waals surface area contributed by atoms with Crippen molar-refractivity contribution in [2.45, 2.75) is 19.6 Å². The van der Waals surface area contributed by atoms with Crippen molar-refractivity contribution >= 4 is 23.2 Å². The van der Waals surface area contributed by atoms with Gasteiger partial charge in [-0.2, -0.15) is 0 Å². The molecule has 17 heavy (non-hydrogen) atoms. The van der Waals surface area contributed by atoms with E-state index in [2.05, 4.69) is 0 Å². The van der Waals surface area contributed by atoms with Gasteiger partial charge >= 0.3 is 0 Å². The second-order valence-corrected chi connectivity index (χ2v) is 4.29. The number of nitrogens with two attached hydrogens (primary N) is 1. The van der Waals surface area contributed by atoms with Crippen LogP contribution < -0.4 is 5.73 Å². The van der Waals surface area contributed by atoms with Gasteiger partial charge in [-0.3, -0.25) is 0 Å². The number of rotatable bonds is 6. The zero-order valence-corrected chi connectivity index (χ0v) is 11.5. The average molecular weight is 278 g/mol. The lowest BCUT2D eigenvalue weighted by molar-refractivity contribution is -0.235. The lowest BCUT2D eigenvalue weighted by atomic mass is 10.1. The molecule has 0 unspecified atom stereocenters. The second-order valence-electron chi connectivity index (χ2n) is 3.45. The van der Waals surface area contributed by atoms with Crippen molar-refractivity contribution in [2.24, 2.45) is 5.73 Å². The minimum absolute atomic E-state index is 0.191. The Balaban J connectivity index is 3.19. The molecule has 2 N–H and O–H groups in total. The highest BCUT2D eigenvalue weighted by Crippen LogP contribution is 2.33. The fourth-order valence-corrected chi connectivity index (χ4v) is 2.24. The Bertz CT molecular complexity index is 366. The average Bonchev–Trinajstić information content (AvgIpc) is 2.28. The third-order valence-electron chi connectivity index (χ3n) is 2.37. The maximum absolute atomic E-state index is 6.16. The van der Waals surface area contributed by atoms with Gasteiger partial charge in [0.1, 0.15) is 0 Å². The fourth-order valence-electron chi connectivity index (χ4n) is 1.69. The van der Waals surface area contributed by atoms with Gasteiger partial charge in [0.05, 0.1) is 11.6 Å². The van der Waals surface area contributed by atoms with E-state index >= 15 is 0 Å². The number of benzene rings is 1. The highest BCUT2D eigenvalue weighted by atomic mass is 35.5. The van der Waals surface area contributed by atoms with Crippen LogP contribution in [0.5, 0.6) is 0 Å². The van der Waals surface area contributed by atoms with Gasteiger partial charge in [-0.25, -0.2) is 0 Å². The van der Waals surface area contributed by atoms with Gasteiger partial charge in [0.2, 0.25) is 5.79 Å². The van der Waals surface area contributed by atoms with E-state index in [0.717, 1.165) is 0 Å². The first-order valence-corrected chi connectivity index (χ1v) is 6.28. The van der Waals surface area contributed by atoms with Gasteiger partial charge in [0.15, 0.2) is 0 Å². The molecule has 0 atom stereocenters. The molecular weight excluding hydrogens is 261 g/mol. The molecule has 0 spiro atoms. The Morgan fingerprint density at radius 1 is 1.18 bits per heavy atom. The second kappa shape index (κ2) is 6.57. The van der Waals surface area contributed by atoms with Gasteiger partial charge in [0.25, 0.3) is 0 Å². The standard InChI is InChI=1S/C12H17Cl2NO2/c1-3-16-12(8-15,17-4-2)10-6-5-9(13)7-11(10)14/h5-7H,3-4,8,15H2,1-2H3. The quantitative estimate of drug-likeness (QED) is 0.813. The zero-order chi connectivity index (χ0) is 12.9. The topological polar surface area (TPSA) is 44.5 Å². The molecule has 0 fully saturated rings. The molecule has 1 aromatic rings. The summed E-state index contributed by atoms with van der Waals surface area (Å²) in [5.41, 5.74) is 6.48. The molecule has 3 nitrogen and oxygen atoms in total. The van der Waals surface area contributed by atoms with E-state index in [0.29, 0.717) is 28.8 Å². The van der Waals surface area contributed by atoms with Gasteiger partial charge in [-0.05, 0) is 26.0 Å². The molecule has 1 rings (SSSR count). The van der Waals surface area contributed by atoms with Crippen LogP contribution in [0.3, 0.4) is 0 Å². The highest BCUT2D eigenvalue weighted by Gasteiger charge is 2.34. The van der Waals surface area contributed by atoms with Crippen LogP contribution in [-0.4, -0.2) is 19.8 Å². The van der Waals surface area contributed by atoms with Crippen LogP contribution in [0.4, 0.5) is 0 Å². The Kier molecular flexibility index (Phi) is 5.70. The van der Waals surface area contributed by atoms with Crippen molar-refractivity contribution in [1.82, 2.24) is 0 Å². The third kappa shape index (κ3) is 3.33. The van der Waals surface area contributed by atoms with E-state index in [1.807, 2.05) is 13.8 Å². The molecule has 0 aliphatic carbocycles. The van der Waals surface area contributed by atoms with Crippen molar-refractivity contribution in [2.75, 3.05) is 19.8 Å². The van der Waals surface area contributed by atoms with Gasteiger partial charge < -0.3 is 15.2 Å². The summed E-state index contributed by atoms with van der Waals surface area (Å²) in [4.78, 5) is 0. The summed E-state index contributed by atoms with van der Waals surface area (Å²) in [5.74, 6) is -0.995. The molecular formula is C12H17Cl2NO2. The highest BCUT2D eigenvalue weighted by molar-refractivity contribution is 6.35. The van der Waals surface area contributed by atoms with Crippen molar-refractivity contribution in [3.63, 3.8) is 0 Å². The van der Waals surface area contributed by atoms with Crippen molar-refractivity contribution < 1.29 is 9.47 Å². The van der Waals surface area contributed by atoms with E-state index in [9.17, 15) is 0 Å². The number of hydrogen-bond donors (Lipinski definition) is 1. The van der Waals surface area contributed by atoms with Gasteiger partial charge in [0, 0.05) is 23.8 Å². The molecule has 0 amide bonds. The van der Waals surface area contributed by atoms with Crippen LogP contribution in [0.1, 0.15) is 19.4 Å². The smallest absolute Gasteiger partial charge is 0.209 e. The SMILES string of the molecule is CCOC(CN)(OCC)c1ccc(Cl)cc1Cl. The van der Waals surface area contributed by atoms with E-state index in [4.69, 9.17) is 38.4 Å². The molecule has 5 heteroatoms. The molecule has 0 aliphatic heterocycles. The van der Waals surface area contributed by atoms with E-state index < -0.39 is 5.79 Å². The molecule has 0 aromatic heterocycles. The molecule has 0 aliphatic rings. The number of halogens is 2. The first-order valence-electron chi connectivity index (χ1n) is 5.53. The zero-order valence-electron chi connectivity index (χ0n) is 10.0. The monoisotopic (exact) mass is 277 g/mol. The first kappa shape index (κ1) is 14.7. The van der Waals surface area contributed by atoms with Crippen molar-refractivity contribution in [3.8, 4) is 0 Å². The lowest BCUT2D eigenvalue weighted by Crippen LogP contribution is -2.41. The van der Waals surface area contributed by atoms with Crippen LogP contribution in [0.25, 0.3) is 0 Å². The van der Waals surface area contributed by atoms with E-state index in [1.54, 1.807) is 18.2 Å². The first-order chi connectivity index (χ1) is 8.09. The summed E-state index contributed by atoms with van der Waals surface area (Å²) in [7, 11) is 0. The molecule has 0 heterocycles. The summed E-state index contributed by atoms with van der Waals surface area (Å²) in [6.07, 6.45) is 0. The molecule has 0 radical (unpaired) electrons. The molecule has 0 saturated heterocycles. The molecule has 96 valence electrons. The largest absolute Gasteiger partial charge is 0.345 e. The van der Waals surface area contributed by atoms with Crippen LogP contribution in [0, 0.1) is 0 Å². The number of ether oxygens (including phenoxy) is 2. The normalized spacial score (nSPS) is 11.8. The third-order valence-corrected chi connectivity index (χ3v) is 2.91. The van der Waals surface area contributed by atoms with Crippen LogP contribution in [0.2, 0.25) is 10.0 Å². The Hall–Kier alpha value is -0.320. The summed E-state index contributed by atoms with van der Waals surface area (Å²) in [5, 5.41) is 1.06. The summed E-state index contributed by atoms with van der Waals surface area (Å²) in [6.45, 7) is 4.92. The predicted molar refractivity (Wildman–Crippen MR) is 70.4 cm³/mol.